The fourth-order valence-corrected chi connectivity index (χ4v) is 0.632. The van der Waals surface area contributed by atoms with E-state index in [1.807, 2.05) is 0 Å². The van der Waals surface area contributed by atoms with Gasteiger partial charge in [0.05, 0.1) is 0 Å². The molecule has 0 atom stereocenters. The first-order chi connectivity index (χ1) is 7.64. The fourth-order valence-electron chi connectivity index (χ4n) is 0.632. The van der Waals surface area contributed by atoms with E-state index in [0.29, 0.717) is 0 Å². The molecular formula is C6F12. The lowest BCUT2D eigenvalue weighted by atomic mass is 9.99. The van der Waals surface area contributed by atoms with Crippen molar-refractivity contribution in [3.05, 3.63) is 12.9 Å². The summed E-state index contributed by atoms with van der Waals surface area (Å²) < 4.78 is 142. The Morgan fingerprint density at radius 2 is 0.611 bits per heavy atom. The van der Waals surface area contributed by atoms with Gasteiger partial charge in [0.25, 0.3) is 0 Å². The highest BCUT2D eigenvalue weighted by atomic mass is 19.4. The predicted molar refractivity (Wildman–Crippen MR) is 30.7 cm³/mol. The molecule has 0 aliphatic carbocycles. The van der Waals surface area contributed by atoms with Crippen LogP contribution in [0.5, 0.6) is 0 Å². The number of halogens is 12. The smallest absolute Gasteiger partial charge is 0.192 e. The highest BCUT2D eigenvalue weighted by Gasteiger charge is 2.85. The first-order valence-corrected chi connectivity index (χ1v) is 3.52. The van der Waals surface area contributed by atoms with Crippen molar-refractivity contribution in [2.45, 2.75) is 23.7 Å². The second kappa shape index (κ2) is 4.37. The molecule has 0 saturated carbocycles. The first kappa shape index (κ1) is 17.2. The lowest BCUT2D eigenvalue weighted by molar-refractivity contribution is -0.374. The zero-order chi connectivity index (χ0) is 15.2. The van der Waals surface area contributed by atoms with Crippen LogP contribution in [0, 0.1) is 12.9 Å². The molecule has 0 aromatic carbocycles. The predicted octanol–water partition coefficient (Wildman–Crippen LogP) is 4.38. The molecule has 0 fully saturated rings. The minimum Gasteiger partial charge on any atom is -0.192 e. The number of hydrogen-bond donors (Lipinski definition) is 0. The van der Waals surface area contributed by atoms with Crippen LogP contribution in [0.3, 0.4) is 0 Å². The van der Waals surface area contributed by atoms with Crippen molar-refractivity contribution in [2.75, 3.05) is 0 Å². The van der Waals surface area contributed by atoms with Crippen LogP contribution in [-0.4, -0.2) is 23.7 Å². The Kier molecular flexibility index (Phi) is 4.16. The van der Waals surface area contributed by atoms with Gasteiger partial charge < -0.3 is 0 Å². The maximum absolute atomic E-state index is 12.3. The van der Waals surface area contributed by atoms with Crippen LogP contribution in [0.2, 0.25) is 0 Å². The molecule has 0 aromatic rings. The van der Waals surface area contributed by atoms with Crippen molar-refractivity contribution >= 4 is 0 Å². The summed E-state index contributed by atoms with van der Waals surface area (Å²) in [4.78, 5) is 0. The highest BCUT2D eigenvalue weighted by molar-refractivity contribution is 5.11. The standard InChI is InChI=1S/C6F12/c7-1(8)3(11,12)5(15,16)6(17,18)4(13,14)2(9)10. The van der Waals surface area contributed by atoms with Gasteiger partial charge in [0.2, 0.25) is 0 Å². The Balaban J connectivity index is 5.74. The fraction of sp³-hybridized carbons (Fsp3) is 0.667. The molecule has 108 valence electrons. The van der Waals surface area contributed by atoms with E-state index in [2.05, 4.69) is 0 Å². The van der Waals surface area contributed by atoms with Crippen LogP contribution in [0.1, 0.15) is 0 Å². The third kappa shape index (κ3) is 2.09. The Morgan fingerprint density at radius 1 is 0.444 bits per heavy atom. The van der Waals surface area contributed by atoms with Gasteiger partial charge in [-0.2, -0.15) is 52.7 Å². The summed E-state index contributed by atoms with van der Waals surface area (Å²) >= 11 is 0. The molecule has 18 heavy (non-hydrogen) atoms. The summed E-state index contributed by atoms with van der Waals surface area (Å²) in [5.41, 5.74) is 0. The van der Waals surface area contributed by atoms with Gasteiger partial charge in [-0.15, -0.1) is 0 Å². The van der Waals surface area contributed by atoms with Gasteiger partial charge in [0.15, 0.2) is 0 Å². The van der Waals surface area contributed by atoms with Crippen LogP contribution in [-0.2, 0) is 0 Å². The van der Waals surface area contributed by atoms with E-state index in [0.717, 1.165) is 0 Å². The summed E-state index contributed by atoms with van der Waals surface area (Å²) in [6.07, 6.45) is -9.25. The SMILES string of the molecule is F[C](F)C(F)(F)C(F)(F)C(F)(F)C(F)(F)[C](F)F. The topological polar surface area (TPSA) is 0 Å². The molecule has 0 unspecified atom stereocenters. The largest absolute Gasteiger partial charge is 0.385 e. The van der Waals surface area contributed by atoms with Gasteiger partial charge >= 0.3 is 36.5 Å². The van der Waals surface area contributed by atoms with Gasteiger partial charge in [-0.3, -0.25) is 0 Å². The lowest BCUT2D eigenvalue weighted by Gasteiger charge is -2.34. The Labute approximate surface area is 90.6 Å². The summed E-state index contributed by atoms with van der Waals surface area (Å²) in [6.45, 7) is 0. The molecule has 0 spiro atoms. The van der Waals surface area contributed by atoms with Crippen LogP contribution >= 0.6 is 0 Å². The quantitative estimate of drug-likeness (QED) is 0.661. The second-order valence-electron chi connectivity index (χ2n) is 2.82. The first-order valence-electron chi connectivity index (χ1n) is 3.52. The van der Waals surface area contributed by atoms with Gasteiger partial charge in [-0.1, -0.05) is 0 Å². The lowest BCUT2D eigenvalue weighted by Crippen LogP contribution is -2.63. The molecule has 0 N–H and O–H groups in total. The van der Waals surface area contributed by atoms with Crippen LogP contribution < -0.4 is 0 Å². The van der Waals surface area contributed by atoms with Gasteiger partial charge in [-0.25, -0.2) is 0 Å². The Bertz CT molecular complexity index is 261. The summed E-state index contributed by atoms with van der Waals surface area (Å²) in [7, 11) is 0. The zero-order valence-corrected chi connectivity index (χ0v) is 7.54. The van der Waals surface area contributed by atoms with Crippen molar-refractivity contribution in [1.29, 1.82) is 0 Å². The average molecular weight is 300 g/mol. The number of rotatable bonds is 5. The Hall–Kier alpha value is -0.840. The van der Waals surface area contributed by atoms with Crippen molar-refractivity contribution in [3.8, 4) is 0 Å². The molecule has 0 aliphatic heterocycles. The van der Waals surface area contributed by atoms with Crippen LogP contribution in [0.25, 0.3) is 0 Å². The van der Waals surface area contributed by atoms with Crippen LogP contribution in [0.4, 0.5) is 52.7 Å². The van der Waals surface area contributed by atoms with E-state index in [9.17, 15) is 52.7 Å². The molecule has 2 radical (unpaired) electrons. The number of hydrogen-bond acceptors (Lipinski definition) is 0. The highest BCUT2D eigenvalue weighted by Crippen LogP contribution is 2.58. The monoisotopic (exact) mass is 300 g/mol. The van der Waals surface area contributed by atoms with Gasteiger partial charge in [0.1, 0.15) is 0 Å². The third-order valence-electron chi connectivity index (χ3n) is 1.66. The van der Waals surface area contributed by atoms with Crippen molar-refractivity contribution < 1.29 is 52.7 Å². The third-order valence-corrected chi connectivity index (χ3v) is 1.66. The van der Waals surface area contributed by atoms with E-state index in [1.54, 1.807) is 0 Å². The molecule has 0 heterocycles. The van der Waals surface area contributed by atoms with Crippen molar-refractivity contribution in [3.63, 3.8) is 0 Å². The molecule has 0 aromatic heterocycles. The molecule has 0 nitrogen and oxygen atoms in total. The molecule has 0 saturated heterocycles. The zero-order valence-electron chi connectivity index (χ0n) is 7.54. The Morgan fingerprint density at radius 3 is 0.722 bits per heavy atom. The van der Waals surface area contributed by atoms with Crippen LogP contribution in [0.15, 0.2) is 0 Å². The minimum absolute atomic E-state index is 4.62. The van der Waals surface area contributed by atoms with Gasteiger partial charge in [-0.05, 0) is 0 Å². The maximum atomic E-state index is 12.3. The van der Waals surface area contributed by atoms with Crippen molar-refractivity contribution in [1.82, 2.24) is 0 Å². The number of alkyl halides is 8. The molecule has 0 bridgehead atoms. The molecule has 0 amide bonds. The molecule has 0 aliphatic rings. The molecular weight excluding hydrogens is 300 g/mol. The van der Waals surface area contributed by atoms with E-state index in [4.69, 9.17) is 0 Å². The normalized spacial score (nSPS) is 15.7. The second-order valence-corrected chi connectivity index (χ2v) is 2.82. The maximum Gasteiger partial charge on any atom is 0.385 e. The summed E-state index contributed by atoms with van der Waals surface area (Å²) in [5, 5.41) is 0. The summed E-state index contributed by atoms with van der Waals surface area (Å²) in [5.74, 6) is -28.9. The molecule has 12 heteroatoms. The van der Waals surface area contributed by atoms with Crippen molar-refractivity contribution in [2.24, 2.45) is 0 Å². The van der Waals surface area contributed by atoms with E-state index < -0.39 is 36.5 Å². The van der Waals surface area contributed by atoms with E-state index in [1.165, 1.54) is 0 Å². The minimum atomic E-state index is -7.42. The van der Waals surface area contributed by atoms with Gasteiger partial charge in [0, 0.05) is 0 Å². The summed E-state index contributed by atoms with van der Waals surface area (Å²) in [6, 6.07) is 0. The molecule has 0 rings (SSSR count). The average Bonchev–Trinajstić information content (AvgIpc) is 2.15. The van der Waals surface area contributed by atoms with E-state index >= 15 is 0 Å². The van der Waals surface area contributed by atoms with E-state index in [-0.39, 0.29) is 0 Å².